The number of ether oxygens (including phenoxy) is 1. The van der Waals surface area contributed by atoms with Gasteiger partial charge in [-0.3, -0.25) is 4.90 Å². The number of benzene rings is 2. The largest absolute Gasteiger partial charge is 0.383 e. The average Bonchev–Trinajstić information content (AvgIpc) is 3.24. The van der Waals surface area contributed by atoms with E-state index in [0.717, 1.165) is 42.6 Å². The maximum Gasteiger partial charge on any atom is 0.173 e. The second kappa shape index (κ2) is 9.77. The topological polar surface area (TPSA) is 59.3 Å². The molecular formula is C23H29ClN6O. The third-order valence-corrected chi connectivity index (χ3v) is 6.35. The SMILES string of the molecule is COCCn1nnnc1[C@@H](c1ccc(Cl)cc1)N1CCN(c2cccc(C)c2C)CC1. The first-order valence-electron chi connectivity index (χ1n) is 10.6. The number of tetrazole rings is 1. The van der Waals surface area contributed by atoms with Crippen molar-refractivity contribution in [2.75, 3.05) is 44.8 Å². The summed E-state index contributed by atoms with van der Waals surface area (Å²) >= 11 is 6.16. The van der Waals surface area contributed by atoms with Gasteiger partial charge in [0.1, 0.15) is 0 Å². The van der Waals surface area contributed by atoms with Crippen LogP contribution < -0.4 is 4.90 Å². The molecule has 0 saturated carbocycles. The first kappa shape index (κ1) is 21.7. The molecule has 31 heavy (non-hydrogen) atoms. The van der Waals surface area contributed by atoms with Gasteiger partial charge in [0.05, 0.1) is 19.2 Å². The molecule has 164 valence electrons. The standard InChI is InChI=1S/C23H29ClN6O/c1-17-5-4-6-21(18(17)2)28-11-13-29(14-12-28)22(19-7-9-20(24)10-8-19)23-25-26-27-30(23)15-16-31-3/h4-10,22H,11-16H2,1-3H3/t22-/m1/s1. The Kier molecular flexibility index (Phi) is 6.85. The second-order valence-corrected chi connectivity index (χ2v) is 8.39. The van der Waals surface area contributed by atoms with Crippen molar-refractivity contribution in [3.8, 4) is 0 Å². The fourth-order valence-electron chi connectivity index (χ4n) is 4.21. The molecule has 1 aliphatic rings. The monoisotopic (exact) mass is 440 g/mol. The molecule has 7 nitrogen and oxygen atoms in total. The lowest BCUT2D eigenvalue weighted by molar-refractivity contribution is 0.171. The summed E-state index contributed by atoms with van der Waals surface area (Å²) < 4.78 is 7.09. The van der Waals surface area contributed by atoms with Gasteiger partial charge in [-0.05, 0) is 59.2 Å². The van der Waals surface area contributed by atoms with E-state index < -0.39 is 0 Å². The summed E-state index contributed by atoms with van der Waals surface area (Å²) in [4.78, 5) is 4.94. The van der Waals surface area contributed by atoms with Gasteiger partial charge in [0.15, 0.2) is 5.82 Å². The van der Waals surface area contributed by atoms with Crippen molar-refractivity contribution in [2.24, 2.45) is 0 Å². The number of aryl methyl sites for hydroxylation is 1. The minimum absolute atomic E-state index is 0.0371. The Labute approximate surface area is 188 Å². The number of rotatable bonds is 7. The summed E-state index contributed by atoms with van der Waals surface area (Å²) in [5, 5.41) is 13.3. The number of halogens is 1. The van der Waals surface area contributed by atoms with Gasteiger partial charge in [-0.25, -0.2) is 4.68 Å². The highest BCUT2D eigenvalue weighted by atomic mass is 35.5. The minimum Gasteiger partial charge on any atom is -0.383 e. The highest BCUT2D eigenvalue weighted by Gasteiger charge is 2.31. The van der Waals surface area contributed by atoms with Crippen LogP contribution in [-0.4, -0.2) is 65.0 Å². The minimum atomic E-state index is -0.0371. The lowest BCUT2D eigenvalue weighted by Crippen LogP contribution is -2.48. The van der Waals surface area contributed by atoms with Crippen molar-refractivity contribution >= 4 is 17.3 Å². The van der Waals surface area contributed by atoms with Crippen LogP contribution >= 0.6 is 11.6 Å². The predicted molar refractivity (Wildman–Crippen MR) is 123 cm³/mol. The Balaban J connectivity index is 1.59. The Hall–Kier alpha value is -2.48. The van der Waals surface area contributed by atoms with Crippen LogP contribution in [0.15, 0.2) is 42.5 Å². The molecule has 8 heteroatoms. The van der Waals surface area contributed by atoms with Crippen LogP contribution in [0, 0.1) is 13.8 Å². The van der Waals surface area contributed by atoms with Crippen LogP contribution in [-0.2, 0) is 11.3 Å². The van der Waals surface area contributed by atoms with Crippen molar-refractivity contribution < 1.29 is 4.74 Å². The van der Waals surface area contributed by atoms with Gasteiger partial charge < -0.3 is 9.64 Å². The van der Waals surface area contributed by atoms with Crippen LogP contribution in [0.5, 0.6) is 0 Å². The number of aromatic nitrogens is 4. The van der Waals surface area contributed by atoms with Crippen molar-refractivity contribution in [3.63, 3.8) is 0 Å². The highest BCUT2D eigenvalue weighted by Crippen LogP contribution is 2.31. The van der Waals surface area contributed by atoms with Gasteiger partial charge in [-0.1, -0.05) is 35.9 Å². The fourth-order valence-corrected chi connectivity index (χ4v) is 4.34. The highest BCUT2D eigenvalue weighted by molar-refractivity contribution is 6.30. The zero-order valence-electron chi connectivity index (χ0n) is 18.3. The maximum absolute atomic E-state index is 6.16. The second-order valence-electron chi connectivity index (χ2n) is 7.95. The van der Waals surface area contributed by atoms with Gasteiger partial charge in [0.25, 0.3) is 0 Å². The van der Waals surface area contributed by atoms with E-state index in [1.807, 2.05) is 16.8 Å². The van der Waals surface area contributed by atoms with Crippen molar-refractivity contribution in [1.29, 1.82) is 0 Å². The number of hydrogen-bond acceptors (Lipinski definition) is 6. The molecule has 2 aromatic carbocycles. The van der Waals surface area contributed by atoms with Gasteiger partial charge in [0.2, 0.25) is 0 Å². The Morgan fingerprint density at radius 1 is 1.03 bits per heavy atom. The molecule has 1 fully saturated rings. The Morgan fingerprint density at radius 2 is 1.77 bits per heavy atom. The fraction of sp³-hybridized carbons (Fsp3) is 0.435. The zero-order valence-corrected chi connectivity index (χ0v) is 19.1. The summed E-state index contributed by atoms with van der Waals surface area (Å²) in [6, 6.07) is 14.5. The number of nitrogens with zero attached hydrogens (tertiary/aromatic N) is 6. The Bertz CT molecular complexity index is 998. The van der Waals surface area contributed by atoms with Crippen molar-refractivity contribution in [2.45, 2.75) is 26.4 Å². The van der Waals surface area contributed by atoms with Crippen LogP contribution in [0.25, 0.3) is 0 Å². The molecule has 1 aliphatic heterocycles. The first-order chi connectivity index (χ1) is 15.1. The van der Waals surface area contributed by atoms with Crippen LogP contribution in [0.1, 0.15) is 28.6 Å². The number of anilines is 1. The van der Waals surface area contributed by atoms with E-state index in [9.17, 15) is 0 Å². The van der Waals surface area contributed by atoms with Crippen LogP contribution in [0.2, 0.25) is 5.02 Å². The van der Waals surface area contributed by atoms with Gasteiger partial charge in [-0.2, -0.15) is 0 Å². The van der Waals surface area contributed by atoms with E-state index >= 15 is 0 Å². The number of piperazine rings is 1. The Morgan fingerprint density at radius 3 is 2.48 bits per heavy atom. The quantitative estimate of drug-likeness (QED) is 0.560. The van der Waals surface area contributed by atoms with Gasteiger partial charge in [0, 0.05) is 44.0 Å². The van der Waals surface area contributed by atoms with Crippen molar-refractivity contribution in [3.05, 3.63) is 70.0 Å². The molecule has 0 unspecified atom stereocenters. The molecule has 0 bridgehead atoms. The summed E-state index contributed by atoms with van der Waals surface area (Å²) in [7, 11) is 1.69. The summed E-state index contributed by atoms with van der Waals surface area (Å²) in [5.41, 5.74) is 5.15. The molecule has 3 aromatic rings. The smallest absolute Gasteiger partial charge is 0.173 e. The van der Waals surface area contributed by atoms with E-state index in [4.69, 9.17) is 16.3 Å². The lowest BCUT2D eigenvalue weighted by atomic mass is 10.0. The molecule has 2 heterocycles. The average molecular weight is 441 g/mol. The van der Waals surface area contributed by atoms with E-state index in [0.29, 0.717) is 13.2 Å². The molecule has 0 spiro atoms. The van der Waals surface area contributed by atoms with Crippen LogP contribution in [0.3, 0.4) is 0 Å². The molecular weight excluding hydrogens is 412 g/mol. The molecule has 1 aromatic heterocycles. The van der Waals surface area contributed by atoms with E-state index in [-0.39, 0.29) is 6.04 Å². The normalized spacial score (nSPS) is 15.9. The molecule has 1 saturated heterocycles. The summed E-state index contributed by atoms with van der Waals surface area (Å²) in [6.45, 7) is 9.29. The third-order valence-electron chi connectivity index (χ3n) is 6.09. The van der Waals surface area contributed by atoms with Crippen molar-refractivity contribution in [1.82, 2.24) is 25.1 Å². The van der Waals surface area contributed by atoms with E-state index in [2.05, 4.69) is 69.5 Å². The van der Waals surface area contributed by atoms with E-state index in [1.165, 1.54) is 16.8 Å². The van der Waals surface area contributed by atoms with E-state index in [1.54, 1.807) is 7.11 Å². The van der Waals surface area contributed by atoms with Gasteiger partial charge >= 0.3 is 0 Å². The summed E-state index contributed by atoms with van der Waals surface area (Å²) in [6.07, 6.45) is 0. The van der Waals surface area contributed by atoms with Crippen LogP contribution in [0.4, 0.5) is 5.69 Å². The molecule has 0 amide bonds. The maximum atomic E-state index is 6.16. The molecule has 1 atom stereocenters. The summed E-state index contributed by atoms with van der Waals surface area (Å²) in [5.74, 6) is 0.833. The first-order valence-corrected chi connectivity index (χ1v) is 11.0. The number of methoxy groups -OCH3 is 1. The number of hydrogen-bond donors (Lipinski definition) is 0. The third kappa shape index (κ3) is 4.74. The lowest BCUT2D eigenvalue weighted by Gasteiger charge is -2.40. The molecule has 4 rings (SSSR count). The molecule has 0 N–H and O–H groups in total. The van der Waals surface area contributed by atoms with Gasteiger partial charge in [-0.15, -0.1) is 5.10 Å². The predicted octanol–water partition coefficient (Wildman–Crippen LogP) is 3.50. The zero-order chi connectivity index (χ0) is 21.8. The molecule has 0 aliphatic carbocycles. The molecule has 0 radical (unpaired) electrons.